The SMILES string of the molecule is COCCOc1cc(F)ccc1[C@@H](C)O. The number of aliphatic hydroxyl groups is 1. The molecule has 0 spiro atoms. The molecule has 0 saturated carbocycles. The maximum Gasteiger partial charge on any atom is 0.128 e. The van der Waals surface area contributed by atoms with Crippen LogP contribution in [0.2, 0.25) is 0 Å². The molecule has 0 bridgehead atoms. The van der Waals surface area contributed by atoms with Crippen LogP contribution in [0.1, 0.15) is 18.6 Å². The van der Waals surface area contributed by atoms with E-state index in [-0.39, 0.29) is 5.82 Å². The second-order valence-electron chi connectivity index (χ2n) is 3.20. The standard InChI is InChI=1S/C11H15FO3/c1-8(13)10-4-3-9(12)7-11(10)15-6-5-14-2/h3-4,7-8,13H,5-6H2,1-2H3/t8-/m1/s1. The summed E-state index contributed by atoms with van der Waals surface area (Å²) in [6.45, 7) is 2.37. The maximum atomic E-state index is 12.9. The topological polar surface area (TPSA) is 38.7 Å². The van der Waals surface area contributed by atoms with Crippen LogP contribution in [0.15, 0.2) is 18.2 Å². The van der Waals surface area contributed by atoms with Gasteiger partial charge in [0.2, 0.25) is 0 Å². The molecule has 1 N–H and O–H groups in total. The van der Waals surface area contributed by atoms with Gasteiger partial charge in [-0.25, -0.2) is 4.39 Å². The number of rotatable bonds is 5. The van der Waals surface area contributed by atoms with E-state index in [9.17, 15) is 9.50 Å². The lowest BCUT2D eigenvalue weighted by atomic mass is 10.1. The van der Waals surface area contributed by atoms with Gasteiger partial charge in [0.15, 0.2) is 0 Å². The first-order valence-corrected chi connectivity index (χ1v) is 4.74. The van der Waals surface area contributed by atoms with Crippen molar-refractivity contribution in [1.29, 1.82) is 0 Å². The van der Waals surface area contributed by atoms with Gasteiger partial charge in [0.25, 0.3) is 0 Å². The van der Waals surface area contributed by atoms with Gasteiger partial charge in [-0.05, 0) is 19.1 Å². The molecule has 0 aliphatic heterocycles. The van der Waals surface area contributed by atoms with Crippen molar-refractivity contribution in [2.24, 2.45) is 0 Å². The Bertz CT molecular complexity index is 313. The van der Waals surface area contributed by atoms with Gasteiger partial charge in [-0.1, -0.05) is 0 Å². The summed E-state index contributed by atoms with van der Waals surface area (Å²) in [7, 11) is 1.56. The minimum absolute atomic E-state index is 0.333. The Kier molecular flexibility index (Phi) is 4.52. The first-order chi connectivity index (χ1) is 7.15. The van der Waals surface area contributed by atoms with E-state index < -0.39 is 6.10 Å². The van der Waals surface area contributed by atoms with Crippen LogP contribution in [0.5, 0.6) is 5.75 Å². The summed E-state index contributed by atoms with van der Waals surface area (Å²) in [5.74, 6) is -0.0196. The number of halogens is 1. The summed E-state index contributed by atoms with van der Waals surface area (Å²) in [5.41, 5.74) is 0.576. The van der Waals surface area contributed by atoms with Gasteiger partial charge in [-0.3, -0.25) is 0 Å². The number of hydrogen-bond donors (Lipinski definition) is 1. The molecule has 1 aromatic carbocycles. The van der Waals surface area contributed by atoms with Crippen molar-refractivity contribution in [2.75, 3.05) is 20.3 Å². The summed E-state index contributed by atoms with van der Waals surface area (Å²) in [6, 6.07) is 4.07. The lowest BCUT2D eigenvalue weighted by Crippen LogP contribution is -2.07. The van der Waals surface area contributed by atoms with Crippen molar-refractivity contribution in [3.63, 3.8) is 0 Å². The molecule has 0 radical (unpaired) electrons. The van der Waals surface area contributed by atoms with Crippen LogP contribution in [-0.2, 0) is 4.74 Å². The molecule has 1 aromatic rings. The second kappa shape index (κ2) is 5.68. The predicted octanol–water partition coefficient (Wildman–Crippen LogP) is 1.90. The lowest BCUT2D eigenvalue weighted by Gasteiger charge is -2.13. The van der Waals surface area contributed by atoms with Gasteiger partial charge in [-0.15, -0.1) is 0 Å². The first kappa shape index (κ1) is 11.9. The van der Waals surface area contributed by atoms with Crippen molar-refractivity contribution in [1.82, 2.24) is 0 Å². The number of ether oxygens (including phenoxy) is 2. The molecule has 84 valence electrons. The van der Waals surface area contributed by atoms with Crippen molar-refractivity contribution < 1.29 is 19.0 Å². The Labute approximate surface area is 88.4 Å². The average molecular weight is 214 g/mol. The van der Waals surface area contributed by atoms with Gasteiger partial charge in [0, 0.05) is 18.7 Å². The second-order valence-corrected chi connectivity index (χ2v) is 3.20. The molecule has 0 aliphatic carbocycles. The highest BCUT2D eigenvalue weighted by Gasteiger charge is 2.09. The maximum absolute atomic E-state index is 12.9. The van der Waals surface area contributed by atoms with E-state index in [1.165, 1.54) is 18.2 Å². The van der Waals surface area contributed by atoms with Gasteiger partial charge < -0.3 is 14.6 Å². The van der Waals surface area contributed by atoms with E-state index in [0.717, 1.165) is 0 Å². The molecule has 0 unspecified atom stereocenters. The quantitative estimate of drug-likeness (QED) is 0.761. The molecule has 0 aliphatic rings. The van der Waals surface area contributed by atoms with Crippen LogP contribution >= 0.6 is 0 Å². The van der Waals surface area contributed by atoms with Gasteiger partial charge in [0.05, 0.1) is 12.7 Å². The Morgan fingerprint density at radius 3 is 2.73 bits per heavy atom. The van der Waals surface area contributed by atoms with Gasteiger partial charge in [0.1, 0.15) is 18.2 Å². The van der Waals surface area contributed by atoms with E-state index >= 15 is 0 Å². The number of hydrogen-bond acceptors (Lipinski definition) is 3. The highest BCUT2D eigenvalue weighted by Crippen LogP contribution is 2.25. The van der Waals surface area contributed by atoms with Crippen molar-refractivity contribution in [3.8, 4) is 5.75 Å². The van der Waals surface area contributed by atoms with Crippen molar-refractivity contribution >= 4 is 0 Å². The number of aliphatic hydroxyl groups excluding tert-OH is 1. The van der Waals surface area contributed by atoms with Gasteiger partial charge >= 0.3 is 0 Å². The van der Waals surface area contributed by atoms with E-state index in [2.05, 4.69) is 0 Å². The van der Waals surface area contributed by atoms with E-state index in [1.807, 2.05) is 0 Å². The first-order valence-electron chi connectivity index (χ1n) is 4.74. The predicted molar refractivity (Wildman–Crippen MR) is 54.4 cm³/mol. The molecular formula is C11H15FO3. The summed E-state index contributed by atoms with van der Waals surface area (Å²) >= 11 is 0. The molecular weight excluding hydrogens is 199 g/mol. The van der Waals surface area contributed by atoms with E-state index in [4.69, 9.17) is 9.47 Å². The lowest BCUT2D eigenvalue weighted by molar-refractivity contribution is 0.140. The Morgan fingerprint density at radius 2 is 2.13 bits per heavy atom. The molecule has 0 saturated heterocycles. The van der Waals surface area contributed by atoms with Crippen LogP contribution in [0.3, 0.4) is 0 Å². The molecule has 0 amide bonds. The highest BCUT2D eigenvalue weighted by atomic mass is 19.1. The largest absolute Gasteiger partial charge is 0.491 e. The Hall–Kier alpha value is -1.13. The monoisotopic (exact) mass is 214 g/mol. The summed E-state index contributed by atoms with van der Waals surface area (Å²) in [6.07, 6.45) is -0.678. The molecule has 0 heterocycles. The smallest absolute Gasteiger partial charge is 0.128 e. The van der Waals surface area contributed by atoms with Crippen LogP contribution in [-0.4, -0.2) is 25.4 Å². The summed E-state index contributed by atoms with van der Waals surface area (Å²) < 4.78 is 23.0. The molecule has 0 fully saturated rings. The van der Waals surface area contributed by atoms with Crippen LogP contribution in [0.4, 0.5) is 4.39 Å². The zero-order chi connectivity index (χ0) is 11.3. The fraction of sp³-hybridized carbons (Fsp3) is 0.455. The molecule has 15 heavy (non-hydrogen) atoms. The highest BCUT2D eigenvalue weighted by molar-refractivity contribution is 5.35. The third-order valence-electron chi connectivity index (χ3n) is 1.97. The molecule has 3 nitrogen and oxygen atoms in total. The third-order valence-corrected chi connectivity index (χ3v) is 1.97. The van der Waals surface area contributed by atoms with Crippen LogP contribution in [0, 0.1) is 5.82 Å². The molecule has 1 rings (SSSR count). The molecule has 1 atom stereocenters. The molecule has 0 aromatic heterocycles. The molecule has 4 heteroatoms. The fourth-order valence-electron chi connectivity index (χ4n) is 1.21. The zero-order valence-electron chi connectivity index (χ0n) is 8.87. The fourth-order valence-corrected chi connectivity index (χ4v) is 1.21. The van der Waals surface area contributed by atoms with Gasteiger partial charge in [-0.2, -0.15) is 0 Å². The van der Waals surface area contributed by atoms with E-state index in [1.54, 1.807) is 14.0 Å². The number of benzene rings is 1. The van der Waals surface area contributed by atoms with Crippen molar-refractivity contribution in [3.05, 3.63) is 29.6 Å². The Morgan fingerprint density at radius 1 is 1.40 bits per heavy atom. The normalized spacial score (nSPS) is 12.5. The Balaban J connectivity index is 2.77. The van der Waals surface area contributed by atoms with E-state index in [0.29, 0.717) is 24.5 Å². The van der Waals surface area contributed by atoms with Crippen LogP contribution in [0.25, 0.3) is 0 Å². The minimum Gasteiger partial charge on any atom is -0.491 e. The van der Waals surface area contributed by atoms with Crippen molar-refractivity contribution in [2.45, 2.75) is 13.0 Å². The van der Waals surface area contributed by atoms with Crippen LogP contribution < -0.4 is 4.74 Å². The zero-order valence-corrected chi connectivity index (χ0v) is 8.87. The third kappa shape index (κ3) is 3.49. The number of methoxy groups -OCH3 is 1. The summed E-state index contributed by atoms with van der Waals surface area (Å²) in [5, 5.41) is 9.42. The minimum atomic E-state index is -0.678. The summed E-state index contributed by atoms with van der Waals surface area (Å²) in [4.78, 5) is 0. The average Bonchev–Trinajstić information content (AvgIpc) is 2.18.